The molecule has 0 bridgehead atoms. The molecule has 0 unspecified atom stereocenters. The molecule has 3 aromatic carbocycles. The summed E-state index contributed by atoms with van der Waals surface area (Å²) in [4.78, 5) is 30.9. The maximum absolute atomic E-state index is 12.9. The van der Waals surface area contributed by atoms with Crippen LogP contribution in [0.3, 0.4) is 0 Å². The summed E-state index contributed by atoms with van der Waals surface area (Å²) in [6.45, 7) is 4.43. The quantitative estimate of drug-likeness (QED) is 0.390. The number of aromatic nitrogens is 1. The fourth-order valence-electron chi connectivity index (χ4n) is 3.97. The minimum atomic E-state index is -0.406. The van der Waals surface area contributed by atoms with Gasteiger partial charge in [0.15, 0.2) is 0 Å². The van der Waals surface area contributed by atoms with Gasteiger partial charge >= 0.3 is 0 Å². The number of carbonyl (C=O) groups excluding carboxylic acids is 1. The van der Waals surface area contributed by atoms with E-state index in [1.54, 1.807) is 18.2 Å². The highest BCUT2D eigenvalue weighted by Crippen LogP contribution is 2.21. The molecule has 0 aliphatic rings. The van der Waals surface area contributed by atoms with Gasteiger partial charge < -0.3 is 15.0 Å². The van der Waals surface area contributed by atoms with Gasteiger partial charge in [-0.1, -0.05) is 60.7 Å². The fourth-order valence-corrected chi connectivity index (χ4v) is 3.97. The monoisotopic (exact) mass is 455 g/mol. The summed E-state index contributed by atoms with van der Waals surface area (Å²) in [5, 5.41) is 3.29. The number of para-hydroxylation sites is 1. The molecule has 1 aromatic heterocycles. The zero-order chi connectivity index (χ0) is 23.9. The molecule has 0 radical (unpaired) electrons. The fraction of sp³-hybridized carbons (Fsp3) is 0.214. The van der Waals surface area contributed by atoms with Crippen LogP contribution >= 0.6 is 0 Å². The van der Waals surface area contributed by atoms with Crippen molar-refractivity contribution >= 4 is 16.8 Å². The molecule has 0 saturated heterocycles. The van der Waals surface area contributed by atoms with Gasteiger partial charge in [0.05, 0.1) is 17.5 Å². The van der Waals surface area contributed by atoms with Crippen LogP contribution in [0.15, 0.2) is 83.8 Å². The molecular weight excluding hydrogens is 426 g/mol. The molecule has 34 heavy (non-hydrogen) atoms. The second kappa shape index (κ2) is 10.8. The highest BCUT2D eigenvalue weighted by molar-refractivity contribution is 5.97. The van der Waals surface area contributed by atoms with Crippen molar-refractivity contribution in [1.82, 2.24) is 15.2 Å². The molecule has 4 rings (SSSR count). The number of fused-ring (bicyclic) bond motifs is 1. The number of aromatic amines is 1. The summed E-state index contributed by atoms with van der Waals surface area (Å²) in [6, 6.07) is 23.8. The number of nitrogens with one attached hydrogen (secondary N) is 2. The number of rotatable bonds is 9. The number of nitrogens with zero attached hydrogens (tertiary/aromatic N) is 1. The average molecular weight is 456 g/mol. The van der Waals surface area contributed by atoms with E-state index in [2.05, 4.69) is 58.6 Å². The lowest BCUT2D eigenvalue weighted by Crippen LogP contribution is -2.28. The molecule has 6 heteroatoms. The van der Waals surface area contributed by atoms with Crippen molar-refractivity contribution in [2.75, 3.05) is 13.7 Å². The standard InChI is InChI=1S/C28H29N3O3/c1-3-34-25-11-7-10-23-26(25)29-17-24(27(23)32)28(33)30-16-20-12-14-22(15-13-20)19-31(2)18-21-8-5-4-6-9-21/h4-15,17H,3,16,18-19H2,1-2H3,(H,29,32)(H,30,33). The van der Waals surface area contributed by atoms with Gasteiger partial charge in [0, 0.05) is 25.8 Å². The van der Waals surface area contributed by atoms with Crippen LogP contribution in [0.25, 0.3) is 10.9 Å². The average Bonchev–Trinajstić information content (AvgIpc) is 2.85. The molecular formula is C28H29N3O3. The molecule has 0 spiro atoms. The van der Waals surface area contributed by atoms with Crippen LogP contribution in [-0.2, 0) is 19.6 Å². The molecule has 174 valence electrons. The number of H-pyrrole nitrogens is 1. The largest absolute Gasteiger partial charge is 0.492 e. The van der Waals surface area contributed by atoms with Crippen LogP contribution in [0.1, 0.15) is 34.0 Å². The van der Waals surface area contributed by atoms with E-state index in [4.69, 9.17) is 4.74 Å². The highest BCUT2D eigenvalue weighted by atomic mass is 16.5. The third kappa shape index (κ3) is 5.53. The maximum Gasteiger partial charge on any atom is 0.257 e. The van der Waals surface area contributed by atoms with Crippen LogP contribution in [-0.4, -0.2) is 29.4 Å². The molecule has 0 aliphatic heterocycles. The first kappa shape index (κ1) is 23.3. The highest BCUT2D eigenvalue weighted by Gasteiger charge is 2.14. The van der Waals surface area contributed by atoms with E-state index in [0.29, 0.717) is 29.8 Å². The van der Waals surface area contributed by atoms with Crippen LogP contribution in [0, 0.1) is 0 Å². The Kier molecular flexibility index (Phi) is 7.40. The van der Waals surface area contributed by atoms with Crippen LogP contribution in [0.2, 0.25) is 0 Å². The smallest absolute Gasteiger partial charge is 0.257 e. The first-order chi connectivity index (χ1) is 16.5. The number of pyridine rings is 1. The minimum Gasteiger partial charge on any atom is -0.492 e. The Labute approximate surface area is 199 Å². The van der Waals surface area contributed by atoms with Gasteiger partial charge in [-0.3, -0.25) is 14.5 Å². The van der Waals surface area contributed by atoms with E-state index in [-0.39, 0.29) is 11.0 Å². The summed E-state index contributed by atoms with van der Waals surface area (Å²) >= 11 is 0. The number of hydrogen-bond acceptors (Lipinski definition) is 4. The van der Waals surface area contributed by atoms with Gasteiger partial charge in [0.25, 0.3) is 5.91 Å². The van der Waals surface area contributed by atoms with Crippen LogP contribution < -0.4 is 15.5 Å². The normalized spacial score (nSPS) is 11.0. The lowest BCUT2D eigenvalue weighted by atomic mass is 10.1. The lowest BCUT2D eigenvalue weighted by Gasteiger charge is -2.17. The van der Waals surface area contributed by atoms with E-state index in [9.17, 15) is 9.59 Å². The topological polar surface area (TPSA) is 74.4 Å². The van der Waals surface area contributed by atoms with E-state index in [1.165, 1.54) is 17.3 Å². The Balaban J connectivity index is 1.37. The van der Waals surface area contributed by atoms with Gasteiger partial charge in [0.2, 0.25) is 5.43 Å². The van der Waals surface area contributed by atoms with E-state index in [1.807, 2.05) is 25.1 Å². The minimum absolute atomic E-state index is 0.0836. The van der Waals surface area contributed by atoms with Crippen molar-refractivity contribution in [3.05, 3.63) is 111 Å². The van der Waals surface area contributed by atoms with Gasteiger partial charge in [-0.15, -0.1) is 0 Å². The molecule has 0 aliphatic carbocycles. The number of amides is 1. The van der Waals surface area contributed by atoms with E-state index in [0.717, 1.165) is 18.7 Å². The number of ether oxygens (including phenoxy) is 1. The van der Waals surface area contributed by atoms with Crippen molar-refractivity contribution in [2.45, 2.75) is 26.6 Å². The number of hydrogen-bond donors (Lipinski definition) is 2. The van der Waals surface area contributed by atoms with Crippen LogP contribution in [0.4, 0.5) is 0 Å². The lowest BCUT2D eigenvalue weighted by molar-refractivity contribution is 0.0949. The summed E-state index contributed by atoms with van der Waals surface area (Å²) < 4.78 is 5.57. The van der Waals surface area contributed by atoms with Gasteiger partial charge in [-0.05, 0) is 42.8 Å². The van der Waals surface area contributed by atoms with E-state index >= 15 is 0 Å². The molecule has 2 N–H and O–H groups in total. The Morgan fingerprint density at radius 1 is 0.912 bits per heavy atom. The maximum atomic E-state index is 12.9. The predicted molar refractivity (Wildman–Crippen MR) is 135 cm³/mol. The number of carbonyl (C=O) groups is 1. The van der Waals surface area contributed by atoms with Crippen molar-refractivity contribution in [1.29, 1.82) is 0 Å². The van der Waals surface area contributed by atoms with Gasteiger partial charge in [-0.25, -0.2) is 0 Å². The SMILES string of the molecule is CCOc1cccc2c(=O)c(C(=O)NCc3ccc(CN(C)Cc4ccccc4)cc3)c[nH]c12. The second-order valence-electron chi connectivity index (χ2n) is 8.30. The summed E-state index contributed by atoms with van der Waals surface area (Å²) in [6.07, 6.45) is 1.45. The molecule has 1 heterocycles. The molecule has 1 amide bonds. The Hall–Kier alpha value is -3.90. The summed E-state index contributed by atoms with van der Waals surface area (Å²) in [5.74, 6) is 0.190. The van der Waals surface area contributed by atoms with Gasteiger partial charge in [-0.2, -0.15) is 0 Å². The predicted octanol–water partition coefficient (Wildman–Crippen LogP) is 4.49. The van der Waals surface area contributed by atoms with Crippen LogP contribution in [0.5, 0.6) is 5.75 Å². The van der Waals surface area contributed by atoms with Crippen molar-refractivity contribution in [3.63, 3.8) is 0 Å². The van der Waals surface area contributed by atoms with E-state index < -0.39 is 5.91 Å². The zero-order valence-electron chi connectivity index (χ0n) is 19.5. The summed E-state index contributed by atoms with van der Waals surface area (Å²) in [7, 11) is 2.10. The molecule has 0 saturated carbocycles. The Bertz CT molecular complexity index is 1310. The van der Waals surface area contributed by atoms with Crippen molar-refractivity contribution in [3.8, 4) is 5.75 Å². The first-order valence-electron chi connectivity index (χ1n) is 11.4. The molecule has 0 atom stereocenters. The third-order valence-electron chi connectivity index (χ3n) is 5.64. The molecule has 6 nitrogen and oxygen atoms in total. The molecule has 0 fully saturated rings. The Morgan fingerprint density at radius 2 is 1.59 bits per heavy atom. The zero-order valence-corrected chi connectivity index (χ0v) is 19.5. The summed E-state index contributed by atoms with van der Waals surface area (Å²) in [5.41, 5.74) is 3.81. The molecule has 4 aromatic rings. The van der Waals surface area contributed by atoms with Crippen molar-refractivity contribution < 1.29 is 9.53 Å². The first-order valence-corrected chi connectivity index (χ1v) is 11.4. The van der Waals surface area contributed by atoms with Gasteiger partial charge in [0.1, 0.15) is 11.3 Å². The Morgan fingerprint density at radius 3 is 2.29 bits per heavy atom. The second-order valence-corrected chi connectivity index (χ2v) is 8.30. The third-order valence-corrected chi connectivity index (χ3v) is 5.64. The number of benzene rings is 3. The van der Waals surface area contributed by atoms with Crippen molar-refractivity contribution in [2.24, 2.45) is 0 Å².